The van der Waals surface area contributed by atoms with E-state index in [-0.39, 0.29) is 30.0 Å². The topological polar surface area (TPSA) is 135 Å². The SMILES string of the molecule is COC(=O)C(C)(C)CC(C)(C)C(=O)Nc1cc(Nc2ncc(C(=O)Nc3c(C)cccc3Cl)s2)nc(C)n1. The van der Waals surface area contributed by atoms with E-state index in [0.29, 0.717) is 32.4 Å². The van der Waals surface area contributed by atoms with Crippen molar-refractivity contribution in [2.75, 3.05) is 23.1 Å². The van der Waals surface area contributed by atoms with Gasteiger partial charge in [-0.25, -0.2) is 15.0 Å². The maximum atomic E-state index is 13.1. The molecule has 0 radical (unpaired) electrons. The normalized spacial score (nSPS) is 11.6. The summed E-state index contributed by atoms with van der Waals surface area (Å²) in [6.45, 7) is 10.5. The fraction of sp³-hybridized carbons (Fsp3) is 0.385. The van der Waals surface area contributed by atoms with Gasteiger partial charge in [0.15, 0.2) is 5.13 Å². The lowest BCUT2D eigenvalue weighted by molar-refractivity contribution is -0.153. The van der Waals surface area contributed by atoms with Crippen molar-refractivity contribution in [2.45, 2.75) is 48.0 Å². The van der Waals surface area contributed by atoms with Crippen LogP contribution in [0, 0.1) is 24.7 Å². The van der Waals surface area contributed by atoms with E-state index in [1.807, 2.05) is 19.1 Å². The number of nitrogens with one attached hydrogen (secondary N) is 3. The van der Waals surface area contributed by atoms with Crippen molar-refractivity contribution < 1.29 is 19.1 Å². The Morgan fingerprint density at radius 1 is 1.03 bits per heavy atom. The third-order valence-corrected chi connectivity index (χ3v) is 6.97. The molecule has 2 aromatic heterocycles. The first kappa shape index (κ1) is 29.0. The number of para-hydroxylation sites is 1. The zero-order chi connectivity index (χ0) is 28.3. The van der Waals surface area contributed by atoms with E-state index in [1.165, 1.54) is 13.3 Å². The van der Waals surface area contributed by atoms with E-state index in [2.05, 4.69) is 30.9 Å². The Balaban J connectivity index is 1.71. The second-order valence-corrected chi connectivity index (χ2v) is 11.6. The smallest absolute Gasteiger partial charge is 0.311 e. The molecule has 1 aromatic carbocycles. The molecule has 3 rings (SSSR count). The molecular formula is C26H31ClN6O4S. The number of anilines is 4. The second-order valence-electron chi connectivity index (χ2n) is 10.1. The van der Waals surface area contributed by atoms with Crippen molar-refractivity contribution >= 4 is 63.2 Å². The highest BCUT2D eigenvalue weighted by Crippen LogP contribution is 2.36. The number of hydrogen-bond acceptors (Lipinski definition) is 9. The Hall–Kier alpha value is -3.57. The zero-order valence-corrected chi connectivity index (χ0v) is 23.9. The van der Waals surface area contributed by atoms with Gasteiger partial charge in [-0.15, -0.1) is 0 Å². The summed E-state index contributed by atoms with van der Waals surface area (Å²) < 4.78 is 4.87. The molecule has 0 fully saturated rings. The number of hydrogen-bond donors (Lipinski definition) is 3. The van der Waals surface area contributed by atoms with Crippen molar-refractivity contribution in [2.24, 2.45) is 10.8 Å². The van der Waals surface area contributed by atoms with Crippen molar-refractivity contribution in [3.05, 3.63) is 51.7 Å². The Morgan fingerprint density at radius 3 is 2.37 bits per heavy atom. The third kappa shape index (κ3) is 7.05. The molecule has 0 aliphatic rings. The summed E-state index contributed by atoms with van der Waals surface area (Å²) >= 11 is 7.35. The molecule has 0 saturated heterocycles. The van der Waals surface area contributed by atoms with Gasteiger partial charge in [0.25, 0.3) is 5.91 Å². The van der Waals surface area contributed by atoms with Crippen LogP contribution in [0.3, 0.4) is 0 Å². The van der Waals surface area contributed by atoms with Gasteiger partial charge in [0.05, 0.1) is 29.4 Å². The zero-order valence-electron chi connectivity index (χ0n) is 22.4. The predicted octanol–water partition coefficient (Wildman–Crippen LogP) is 5.75. The molecule has 2 heterocycles. The number of nitrogens with zero attached hydrogens (tertiary/aromatic N) is 3. The minimum atomic E-state index is -0.887. The Bertz CT molecular complexity index is 1350. The lowest BCUT2D eigenvalue weighted by atomic mass is 9.74. The second kappa shape index (κ2) is 11.4. The number of halogens is 1. The fourth-order valence-electron chi connectivity index (χ4n) is 4.03. The summed E-state index contributed by atoms with van der Waals surface area (Å²) in [4.78, 5) is 51.2. The van der Waals surface area contributed by atoms with Crippen LogP contribution in [-0.4, -0.2) is 39.8 Å². The molecule has 0 aliphatic heterocycles. The molecule has 38 heavy (non-hydrogen) atoms. The molecular weight excluding hydrogens is 528 g/mol. The molecule has 3 N–H and O–H groups in total. The van der Waals surface area contributed by atoms with Crippen LogP contribution in [-0.2, 0) is 14.3 Å². The van der Waals surface area contributed by atoms with E-state index in [9.17, 15) is 14.4 Å². The van der Waals surface area contributed by atoms with Gasteiger partial charge in [-0.3, -0.25) is 14.4 Å². The van der Waals surface area contributed by atoms with Crippen molar-refractivity contribution in [1.29, 1.82) is 0 Å². The average Bonchev–Trinajstić information content (AvgIpc) is 3.28. The average molecular weight is 559 g/mol. The Labute approximate surface area is 230 Å². The number of ether oxygens (including phenoxy) is 1. The van der Waals surface area contributed by atoms with Crippen LogP contribution < -0.4 is 16.0 Å². The van der Waals surface area contributed by atoms with Crippen LogP contribution in [0.1, 0.15) is 55.2 Å². The number of benzene rings is 1. The van der Waals surface area contributed by atoms with E-state index < -0.39 is 10.8 Å². The summed E-state index contributed by atoms with van der Waals surface area (Å²) in [6, 6.07) is 6.95. The molecule has 10 nitrogen and oxygen atoms in total. The first-order valence-corrected chi connectivity index (χ1v) is 13.0. The van der Waals surface area contributed by atoms with Crippen LogP contribution >= 0.6 is 22.9 Å². The number of aryl methyl sites for hydroxylation is 2. The van der Waals surface area contributed by atoms with Gasteiger partial charge in [-0.05, 0) is 45.7 Å². The van der Waals surface area contributed by atoms with Gasteiger partial charge in [-0.2, -0.15) is 0 Å². The quantitative estimate of drug-likeness (QED) is 0.282. The summed E-state index contributed by atoms with van der Waals surface area (Å²) in [5.41, 5.74) is -0.339. The van der Waals surface area contributed by atoms with Crippen LogP contribution in [0.4, 0.5) is 22.5 Å². The molecule has 0 saturated carbocycles. The van der Waals surface area contributed by atoms with Gasteiger partial charge in [0, 0.05) is 11.5 Å². The van der Waals surface area contributed by atoms with Crippen LogP contribution in [0.2, 0.25) is 5.02 Å². The van der Waals surface area contributed by atoms with Crippen molar-refractivity contribution in [3.63, 3.8) is 0 Å². The van der Waals surface area contributed by atoms with Crippen LogP contribution in [0.15, 0.2) is 30.5 Å². The molecule has 0 spiro atoms. The summed E-state index contributed by atoms with van der Waals surface area (Å²) in [5.74, 6) is 0.0710. The molecule has 3 aromatic rings. The number of carbonyl (C=O) groups is 3. The van der Waals surface area contributed by atoms with Gasteiger partial charge < -0.3 is 20.7 Å². The standard InChI is InChI=1S/C26H31ClN6O4S/c1-14-9-8-10-16(27)20(14)33-21(34)17-12-28-24(38-17)32-19-11-18(29-15(2)30-19)31-22(35)25(3,4)13-26(5,6)23(36)37-7/h8-12H,13H2,1-7H3,(H,33,34)(H2,28,29,30,31,32,35). The number of esters is 1. The molecule has 0 atom stereocenters. The number of amides is 2. The third-order valence-electron chi connectivity index (χ3n) is 5.74. The van der Waals surface area contributed by atoms with Crippen LogP contribution in [0.25, 0.3) is 0 Å². The fourth-order valence-corrected chi connectivity index (χ4v) is 5.01. The van der Waals surface area contributed by atoms with Gasteiger partial charge in [0.2, 0.25) is 5.91 Å². The monoisotopic (exact) mass is 558 g/mol. The number of methoxy groups -OCH3 is 1. The molecule has 0 aliphatic carbocycles. The summed E-state index contributed by atoms with van der Waals surface area (Å²) in [7, 11) is 1.33. The molecule has 202 valence electrons. The van der Waals surface area contributed by atoms with E-state index in [0.717, 1.165) is 16.9 Å². The molecule has 12 heteroatoms. The van der Waals surface area contributed by atoms with E-state index in [1.54, 1.807) is 46.8 Å². The number of carbonyl (C=O) groups excluding carboxylic acids is 3. The van der Waals surface area contributed by atoms with E-state index in [4.69, 9.17) is 16.3 Å². The van der Waals surface area contributed by atoms with Gasteiger partial charge in [0.1, 0.15) is 22.3 Å². The van der Waals surface area contributed by atoms with Crippen LogP contribution in [0.5, 0.6) is 0 Å². The Morgan fingerprint density at radius 2 is 1.71 bits per heavy atom. The van der Waals surface area contributed by atoms with E-state index >= 15 is 0 Å². The lowest BCUT2D eigenvalue weighted by Gasteiger charge is -2.31. The number of aromatic nitrogens is 3. The van der Waals surface area contributed by atoms with Gasteiger partial charge in [-0.1, -0.05) is 48.9 Å². The number of thiazole rings is 1. The maximum Gasteiger partial charge on any atom is 0.311 e. The lowest BCUT2D eigenvalue weighted by Crippen LogP contribution is -2.38. The number of rotatable bonds is 9. The first-order chi connectivity index (χ1) is 17.7. The van der Waals surface area contributed by atoms with Crippen molar-refractivity contribution in [1.82, 2.24) is 15.0 Å². The molecule has 0 bridgehead atoms. The highest BCUT2D eigenvalue weighted by atomic mass is 35.5. The highest BCUT2D eigenvalue weighted by molar-refractivity contribution is 7.17. The summed E-state index contributed by atoms with van der Waals surface area (Å²) in [5, 5.41) is 9.57. The molecule has 2 amide bonds. The summed E-state index contributed by atoms with van der Waals surface area (Å²) in [6.07, 6.45) is 1.72. The van der Waals surface area contributed by atoms with Crippen molar-refractivity contribution in [3.8, 4) is 0 Å². The maximum absolute atomic E-state index is 13.1. The molecule has 0 unspecified atom stereocenters. The van der Waals surface area contributed by atoms with Gasteiger partial charge >= 0.3 is 5.97 Å². The largest absolute Gasteiger partial charge is 0.469 e. The Kier molecular flexibility index (Phi) is 8.73. The highest BCUT2D eigenvalue weighted by Gasteiger charge is 2.39. The minimum Gasteiger partial charge on any atom is -0.469 e. The minimum absolute atomic E-state index is 0.269. The first-order valence-electron chi connectivity index (χ1n) is 11.8. The predicted molar refractivity (Wildman–Crippen MR) is 149 cm³/mol.